The lowest BCUT2D eigenvalue weighted by Crippen LogP contribution is -2.03. The summed E-state index contributed by atoms with van der Waals surface area (Å²) in [7, 11) is 1.89. The van der Waals surface area contributed by atoms with Gasteiger partial charge in [0, 0.05) is 31.4 Å². The van der Waals surface area contributed by atoms with Gasteiger partial charge in [0.05, 0.1) is 6.10 Å². The van der Waals surface area contributed by atoms with Crippen LogP contribution in [0.25, 0.3) is 0 Å². The molecule has 2 aromatic rings. The van der Waals surface area contributed by atoms with Gasteiger partial charge in [0.2, 0.25) is 0 Å². The number of alkyl halides is 2. The highest BCUT2D eigenvalue weighted by Gasteiger charge is 2.11. The van der Waals surface area contributed by atoms with Crippen molar-refractivity contribution < 1.29 is 13.9 Å². The van der Waals surface area contributed by atoms with Gasteiger partial charge in [0.1, 0.15) is 5.82 Å². The van der Waals surface area contributed by atoms with Crippen LogP contribution in [0.3, 0.4) is 0 Å². The zero-order valence-corrected chi connectivity index (χ0v) is 10.6. The Morgan fingerprint density at radius 3 is 2.37 bits per heavy atom. The Morgan fingerprint density at radius 1 is 1.21 bits per heavy atom. The van der Waals surface area contributed by atoms with Crippen LogP contribution in [0.15, 0.2) is 36.7 Å². The van der Waals surface area contributed by atoms with E-state index in [0.29, 0.717) is 18.4 Å². The summed E-state index contributed by atoms with van der Waals surface area (Å²) in [4.78, 5) is 4.17. The van der Waals surface area contributed by atoms with Crippen LogP contribution in [-0.4, -0.2) is 14.7 Å². The molecule has 0 aliphatic heterocycles. The van der Waals surface area contributed by atoms with E-state index < -0.39 is 12.5 Å². The number of hydrogen-bond donors (Lipinski definition) is 1. The Labute approximate surface area is 110 Å². The van der Waals surface area contributed by atoms with Gasteiger partial charge in [0.15, 0.2) is 0 Å². The average molecular weight is 266 g/mol. The zero-order valence-electron chi connectivity index (χ0n) is 10.6. The minimum atomic E-state index is -2.47. The van der Waals surface area contributed by atoms with Crippen molar-refractivity contribution in [2.24, 2.45) is 7.05 Å². The molecule has 1 heterocycles. The lowest BCUT2D eigenvalue weighted by molar-refractivity contribution is 0.150. The van der Waals surface area contributed by atoms with E-state index in [-0.39, 0.29) is 5.56 Å². The van der Waals surface area contributed by atoms with Crippen LogP contribution in [0.4, 0.5) is 8.78 Å². The highest BCUT2D eigenvalue weighted by Crippen LogP contribution is 2.23. The van der Waals surface area contributed by atoms with Crippen LogP contribution < -0.4 is 0 Å². The molecule has 1 atom stereocenters. The van der Waals surface area contributed by atoms with Crippen LogP contribution in [0.1, 0.15) is 35.9 Å². The molecule has 102 valence electrons. The predicted molar refractivity (Wildman–Crippen MR) is 67.9 cm³/mol. The highest BCUT2D eigenvalue weighted by atomic mass is 19.3. The van der Waals surface area contributed by atoms with Crippen molar-refractivity contribution in [3.63, 3.8) is 0 Å². The first-order valence-corrected chi connectivity index (χ1v) is 6.10. The van der Waals surface area contributed by atoms with E-state index in [1.165, 1.54) is 12.1 Å². The van der Waals surface area contributed by atoms with Crippen molar-refractivity contribution in [3.8, 4) is 0 Å². The largest absolute Gasteiger partial charge is 0.388 e. The van der Waals surface area contributed by atoms with Gasteiger partial charge in [-0.25, -0.2) is 13.8 Å². The maximum absolute atomic E-state index is 12.4. The number of rotatable bonds is 5. The van der Waals surface area contributed by atoms with E-state index in [1.807, 2.05) is 17.8 Å². The summed E-state index contributed by atoms with van der Waals surface area (Å²) < 4.78 is 26.7. The molecule has 0 amide bonds. The van der Waals surface area contributed by atoms with Crippen LogP contribution >= 0.6 is 0 Å². The maximum atomic E-state index is 12.4. The number of imidazole rings is 1. The fourth-order valence-electron chi connectivity index (χ4n) is 1.93. The van der Waals surface area contributed by atoms with Gasteiger partial charge in [0.25, 0.3) is 6.43 Å². The van der Waals surface area contributed by atoms with E-state index in [0.717, 1.165) is 5.82 Å². The monoisotopic (exact) mass is 266 g/mol. The summed E-state index contributed by atoms with van der Waals surface area (Å²) >= 11 is 0. The number of halogens is 2. The Morgan fingerprint density at radius 2 is 1.84 bits per heavy atom. The molecule has 0 saturated carbocycles. The first kappa shape index (κ1) is 13.7. The molecule has 0 spiro atoms. The molecule has 0 fully saturated rings. The SMILES string of the molecule is Cn1ccnc1CCC(O)c1ccc(C(F)F)cc1. The molecule has 2 rings (SSSR count). The van der Waals surface area contributed by atoms with Crippen LogP contribution in [-0.2, 0) is 13.5 Å². The number of aryl methyl sites for hydroxylation is 2. The van der Waals surface area contributed by atoms with Gasteiger partial charge in [-0.3, -0.25) is 0 Å². The van der Waals surface area contributed by atoms with E-state index in [2.05, 4.69) is 4.98 Å². The molecule has 0 aliphatic rings. The van der Waals surface area contributed by atoms with Crippen LogP contribution in [0, 0.1) is 0 Å². The number of aromatic nitrogens is 2. The predicted octanol–water partition coefficient (Wildman–Crippen LogP) is 3.02. The molecule has 0 radical (unpaired) electrons. The van der Waals surface area contributed by atoms with E-state index in [9.17, 15) is 13.9 Å². The molecule has 1 N–H and O–H groups in total. The molecule has 5 heteroatoms. The molecule has 0 aliphatic carbocycles. The summed E-state index contributed by atoms with van der Waals surface area (Å²) in [6.07, 6.45) is 1.57. The molecule has 1 unspecified atom stereocenters. The summed E-state index contributed by atoms with van der Waals surface area (Å²) in [5, 5.41) is 10.0. The Bertz CT molecular complexity index is 522. The number of benzene rings is 1. The smallest absolute Gasteiger partial charge is 0.263 e. The van der Waals surface area contributed by atoms with Crippen molar-refractivity contribution in [1.29, 1.82) is 0 Å². The van der Waals surface area contributed by atoms with Crippen molar-refractivity contribution in [2.45, 2.75) is 25.4 Å². The van der Waals surface area contributed by atoms with Crippen molar-refractivity contribution in [3.05, 3.63) is 53.6 Å². The number of hydrogen-bond acceptors (Lipinski definition) is 2. The minimum absolute atomic E-state index is 0.0277. The maximum Gasteiger partial charge on any atom is 0.263 e. The zero-order chi connectivity index (χ0) is 13.8. The van der Waals surface area contributed by atoms with E-state index in [4.69, 9.17) is 0 Å². The Kier molecular flexibility index (Phi) is 4.27. The molecule has 1 aromatic carbocycles. The molecule has 1 aromatic heterocycles. The van der Waals surface area contributed by atoms with Gasteiger partial charge in [-0.05, 0) is 12.0 Å². The molecule has 3 nitrogen and oxygen atoms in total. The standard InChI is InChI=1S/C14H16F2N2O/c1-18-9-8-17-13(18)7-6-12(19)10-2-4-11(5-3-10)14(15)16/h2-5,8-9,12,14,19H,6-7H2,1H3. The lowest BCUT2D eigenvalue weighted by Gasteiger charge is -2.11. The van der Waals surface area contributed by atoms with Gasteiger partial charge >= 0.3 is 0 Å². The third kappa shape index (κ3) is 3.38. The summed E-state index contributed by atoms with van der Waals surface area (Å²) in [5.74, 6) is 0.892. The second kappa shape index (κ2) is 5.93. The van der Waals surface area contributed by atoms with Gasteiger partial charge in [-0.1, -0.05) is 24.3 Å². The normalized spacial score (nSPS) is 12.9. The summed E-state index contributed by atoms with van der Waals surface area (Å²) in [6, 6.07) is 5.79. The van der Waals surface area contributed by atoms with Crippen LogP contribution in [0.2, 0.25) is 0 Å². The number of aliphatic hydroxyl groups is 1. The highest BCUT2D eigenvalue weighted by molar-refractivity contribution is 5.24. The first-order chi connectivity index (χ1) is 9.08. The van der Waals surface area contributed by atoms with Crippen molar-refractivity contribution in [1.82, 2.24) is 9.55 Å². The second-order valence-electron chi connectivity index (χ2n) is 4.48. The van der Waals surface area contributed by atoms with Gasteiger partial charge < -0.3 is 9.67 Å². The number of aliphatic hydroxyl groups excluding tert-OH is 1. The van der Waals surface area contributed by atoms with E-state index >= 15 is 0 Å². The third-order valence-electron chi connectivity index (χ3n) is 3.14. The van der Waals surface area contributed by atoms with Crippen LogP contribution in [0.5, 0.6) is 0 Å². The first-order valence-electron chi connectivity index (χ1n) is 6.10. The fourth-order valence-corrected chi connectivity index (χ4v) is 1.93. The summed E-state index contributed by atoms with van der Waals surface area (Å²) in [6.45, 7) is 0. The van der Waals surface area contributed by atoms with Gasteiger partial charge in [-0.2, -0.15) is 0 Å². The van der Waals surface area contributed by atoms with Gasteiger partial charge in [-0.15, -0.1) is 0 Å². The summed E-state index contributed by atoms with van der Waals surface area (Å²) in [5.41, 5.74) is 0.624. The molecule has 0 saturated heterocycles. The molecule has 19 heavy (non-hydrogen) atoms. The lowest BCUT2D eigenvalue weighted by atomic mass is 10.0. The van der Waals surface area contributed by atoms with Crippen molar-refractivity contribution >= 4 is 0 Å². The second-order valence-corrected chi connectivity index (χ2v) is 4.48. The topological polar surface area (TPSA) is 38.0 Å². The Hall–Kier alpha value is -1.75. The quantitative estimate of drug-likeness (QED) is 0.903. The number of nitrogens with zero attached hydrogens (tertiary/aromatic N) is 2. The average Bonchev–Trinajstić information content (AvgIpc) is 2.81. The third-order valence-corrected chi connectivity index (χ3v) is 3.14. The van der Waals surface area contributed by atoms with Crippen molar-refractivity contribution in [2.75, 3.05) is 0 Å². The fraction of sp³-hybridized carbons (Fsp3) is 0.357. The molecule has 0 bridgehead atoms. The van der Waals surface area contributed by atoms with E-state index in [1.54, 1.807) is 18.3 Å². The molecular weight excluding hydrogens is 250 g/mol. The Balaban J connectivity index is 1.96. The molecular formula is C14H16F2N2O. The minimum Gasteiger partial charge on any atom is -0.388 e.